The fraction of sp³-hybridized carbons (Fsp3) is 0.375. The molecule has 1 fully saturated rings. The molecule has 7 heteroatoms. The van der Waals surface area contributed by atoms with Crippen LogP contribution < -0.4 is 10.1 Å². The number of rotatable bonds is 7. The minimum Gasteiger partial charge on any atom is -0.477 e. The van der Waals surface area contributed by atoms with Gasteiger partial charge in [-0.15, -0.1) is 0 Å². The summed E-state index contributed by atoms with van der Waals surface area (Å²) in [6.07, 6.45) is 6.94. The Bertz CT molecular complexity index is 771. The van der Waals surface area contributed by atoms with Gasteiger partial charge in [0.2, 0.25) is 5.88 Å². The fourth-order valence-corrected chi connectivity index (χ4v) is 2.90. The average molecular weight is 333 g/mol. The first-order valence-electron chi connectivity index (χ1n) is 7.49. The molecule has 0 spiro atoms. The first-order valence-corrected chi connectivity index (χ1v) is 9.38. The van der Waals surface area contributed by atoms with Crippen LogP contribution in [0.2, 0.25) is 0 Å². The van der Waals surface area contributed by atoms with E-state index in [9.17, 15) is 8.42 Å². The third kappa shape index (κ3) is 4.41. The van der Waals surface area contributed by atoms with Crippen molar-refractivity contribution in [3.63, 3.8) is 0 Å². The molecule has 23 heavy (non-hydrogen) atoms. The van der Waals surface area contributed by atoms with Gasteiger partial charge in [-0.2, -0.15) is 0 Å². The molecule has 0 atom stereocenters. The monoisotopic (exact) mass is 333 g/mol. The summed E-state index contributed by atoms with van der Waals surface area (Å²) in [5.41, 5.74) is 0.925. The number of pyridine rings is 2. The Labute approximate surface area is 135 Å². The van der Waals surface area contributed by atoms with Crippen molar-refractivity contribution in [1.82, 2.24) is 9.97 Å². The Hall–Kier alpha value is -2.15. The molecule has 2 aromatic rings. The van der Waals surface area contributed by atoms with Gasteiger partial charge in [-0.1, -0.05) is 6.07 Å². The zero-order valence-electron chi connectivity index (χ0n) is 12.9. The molecule has 2 heterocycles. The van der Waals surface area contributed by atoms with Crippen molar-refractivity contribution in [2.45, 2.75) is 24.3 Å². The first kappa shape index (κ1) is 15.7. The summed E-state index contributed by atoms with van der Waals surface area (Å²) in [7, 11) is -3.31. The van der Waals surface area contributed by atoms with Crippen LogP contribution in [0.4, 0.5) is 5.82 Å². The van der Waals surface area contributed by atoms with E-state index in [0.717, 1.165) is 12.2 Å². The van der Waals surface area contributed by atoms with Crippen LogP contribution in [0, 0.1) is 5.92 Å². The van der Waals surface area contributed by atoms with Gasteiger partial charge in [0, 0.05) is 31.3 Å². The Morgan fingerprint density at radius 2 is 2.09 bits per heavy atom. The molecule has 6 nitrogen and oxygen atoms in total. The Morgan fingerprint density at radius 1 is 1.26 bits per heavy atom. The maximum atomic E-state index is 11.7. The van der Waals surface area contributed by atoms with Gasteiger partial charge in [0.05, 0.1) is 6.61 Å². The second kappa shape index (κ2) is 6.54. The van der Waals surface area contributed by atoms with Gasteiger partial charge >= 0.3 is 0 Å². The molecular weight excluding hydrogens is 314 g/mol. The molecule has 0 saturated heterocycles. The van der Waals surface area contributed by atoms with Crippen molar-refractivity contribution < 1.29 is 13.2 Å². The second-order valence-corrected chi connectivity index (χ2v) is 7.72. The van der Waals surface area contributed by atoms with Crippen molar-refractivity contribution in [2.75, 3.05) is 18.2 Å². The SMILES string of the molecule is CS(=O)(=O)c1cccnc1NCc1ccc(OCC2CC2)nc1. The largest absolute Gasteiger partial charge is 0.477 e. The predicted octanol–water partition coefficient (Wildman–Crippen LogP) is 2.28. The fourth-order valence-electron chi connectivity index (χ4n) is 2.10. The smallest absolute Gasteiger partial charge is 0.213 e. The van der Waals surface area contributed by atoms with E-state index in [1.807, 2.05) is 12.1 Å². The molecule has 0 amide bonds. The lowest BCUT2D eigenvalue weighted by Crippen LogP contribution is -2.08. The van der Waals surface area contributed by atoms with E-state index in [2.05, 4.69) is 15.3 Å². The van der Waals surface area contributed by atoms with E-state index in [1.165, 1.54) is 25.2 Å². The highest BCUT2D eigenvalue weighted by atomic mass is 32.2. The number of nitrogens with one attached hydrogen (secondary N) is 1. The second-order valence-electron chi connectivity index (χ2n) is 5.73. The molecule has 0 radical (unpaired) electrons. The quantitative estimate of drug-likeness (QED) is 0.837. The number of hydrogen-bond donors (Lipinski definition) is 1. The zero-order chi connectivity index (χ0) is 16.3. The highest BCUT2D eigenvalue weighted by molar-refractivity contribution is 7.90. The minimum absolute atomic E-state index is 0.192. The van der Waals surface area contributed by atoms with Crippen molar-refractivity contribution in [1.29, 1.82) is 0 Å². The van der Waals surface area contributed by atoms with E-state index in [0.29, 0.717) is 24.2 Å². The Kier molecular flexibility index (Phi) is 4.47. The summed E-state index contributed by atoms with van der Waals surface area (Å²) in [6.45, 7) is 1.17. The molecule has 0 bridgehead atoms. The van der Waals surface area contributed by atoms with E-state index in [4.69, 9.17) is 4.74 Å². The highest BCUT2D eigenvalue weighted by Crippen LogP contribution is 2.29. The molecule has 0 aromatic carbocycles. The van der Waals surface area contributed by atoms with Gasteiger partial charge in [-0.05, 0) is 36.5 Å². The molecule has 1 saturated carbocycles. The van der Waals surface area contributed by atoms with Crippen molar-refractivity contribution in [2.24, 2.45) is 5.92 Å². The first-order chi connectivity index (χ1) is 11.0. The van der Waals surface area contributed by atoms with Crippen LogP contribution in [-0.4, -0.2) is 31.2 Å². The van der Waals surface area contributed by atoms with Crippen molar-refractivity contribution >= 4 is 15.7 Å². The molecule has 3 rings (SSSR count). The standard InChI is InChI=1S/C16H19N3O3S/c1-23(20,21)14-3-2-8-17-16(14)19-10-13-6-7-15(18-9-13)22-11-12-4-5-12/h2-3,6-9,12H,4-5,10-11H2,1H3,(H,17,19). The van der Waals surface area contributed by atoms with Gasteiger partial charge in [0.25, 0.3) is 0 Å². The summed E-state index contributed by atoms with van der Waals surface area (Å²) >= 11 is 0. The molecule has 0 unspecified atom stereocenters. The van der Waals surface area contributed by atoms with E-state index in [-0.39, 0.29) is 4.90 Å². The molecule has 122 valence electrons. The number of ether oxygens (including phenoxy) is 1. The molecule has 1 aliphatic carbocycles. The predicted molar refractivity (Wildman–Crippen MR) is 87.1 cm³/mol. The minimum atomic E-state index is -3.31. The van der Waals surface area contributed by atoms with Gasteiger partial charge in [0.15, 0.2) is 9.84 Å². The average Bonchev–Trinajstić information content (AvgIpc) is 3.36. The lowest BCUT2D eigenvalue weighted by Gasteiger charge is -2.10. The summed E-state index contributed by atoms with van der Waals surface area (Å²) in [4.78, 5) is 8.55. The van der Waals surface area contributed by atoms with Crippen molar-refractivity contribution in [3.05, 3.63) is 42.2 Å². The summed E-state index contributed by atoms with van der Waals surface area (Å²) in [5.74, 6) is 1.66. The summed E-state index contributed by atoms with van der Waals surface area (Å²) in [5, 5.41) is 3.04. The molecule has 0 aliphatic heterocycles. The Balaban J connectivity index is 1.62. The normalized spacial score (nSPS) is 14.5. The number of hydrogen-bond acceptors (Lipinski definition) is 6. The third-order valence-electron chi connectivity index (χ3n) is 3.59. The topological polar surface area (TPSA) is 81.2 Å². The number of anilines is 1. The number of nitrogens with zero attached hydrogens (tertiary/aromatic N) is 2. The van der Waals surface area contributed by atoms with E-state index in [1.54, 1.807) is 18.5 Å². The van der Waals surface area contributed by atoms with Gasteiger partial charge in [-0.3, -0.25) is 0 Å². The summed E-state index contributed by atoms with van der Waals surface area (Å²) < 4.78 is 29.1. The van der Waals surface area contributed by atoms with Crippen molar-refractivity contribution in [3.8, 4) is 5.88 Å². The lowest BCUT2D eigenvalue weighted by molar-refractivity contribution is 0.288. The van der Waals surface area contributed by atoms with Crippen LogP contribution in [0.25, 0.3) is 0 Å². The lowest BCUT2D eigenvalue weighted by atomic mass is 10.3. The molecule has 1 N–H and O–H groups in total. The molecular formula is C16H19N3O3S. The van der Waals surface area contributed by atoms with Crippen LogP contribution in [-0.2, 0) is 16.4 Å². The van der Waals surface area contributed by atoms with Crippen LogP contribution in [0.3, 0.4) is 0 Å². The Morgan fingerprint density at radius 3 is 2.74 bits per heavy atom. The van der Waals surface area contributed by atoms with E-state index >= 15 is 0 Å². The van der Waals surface area contributed by atoms with Gasteiger partial charge in [0.1, 0.15) is 10.7 Å². The highest BCUT2D eigenvalue weighted by Gasteiger charge is 2.22. The zero-order valence-corrected chi connectivity index (χ0v) is 13.7. The van der Waals surface area contributed by atoms with E-state index < -0.39 is 9.84 Å². The van der Waals surface area contributed by atoms with Gasteiger partial charge < -0.3 is 10.1 Å². The molecule has 2 aromatic heterocycles. The van der Waals surface area contributed by atoms with Crippen LogP contribution in [0.5, 0.6) is 5.88 Å². The van der Waals surface area contributed by atoms with Gasteiger partial charge in [-0.25, -0.2) is 18.4 Å². The maximum Gasteiger partial charge on any atom is 0.213 e. The maximum absolute atomic E-state index is 11.7. The molecule has 1 aliphatic rings. The van der Waals surface area contributed by atoms with Crippen LogP contribution >= 0.6 is 0 Å². The van der Waals surface area contributed by atoms with Crippen LogP contribution in [0.1, 0.15) is 18.4 Å². The number of sulfone groups is 1. The van der Waals surface area contributed by atoms with Crippen LogP contribution in [0.15, 0.2) is 41.6 Å². The summed E-state index contributed by atoms with van der Waals surface area (Å²) in [6, 6.07) is 6.88. The third-order valence-corrected chi connectivity index (χ3v) is 4.72. The number of aromatic nitrogens is 2.